The number of carbonyl (C=O) groups is 2. The highest BCUT2D eigenvalue weighted by atomic mass is 16.2. The van der Waals surface area contributed by atoms with E-state index in [1.54, 1.807) is 0 Å². The quantitative estimate of drug-likeness (QED) is 0.835. The molecule has 2 amide bonds. The second-order valence-electron chi connectivity index (χ2n) is 8.33. The van der Waals surface area contributed by atoms with Crippen molar-refractivity contribution >= 4 is 11.8 Å². The van der Waals surface area contributed by atoms with Gasteiger partial charge in [0.15, 0.2) is 6.67 Å². The van der Waals surface area contributed by atoms with Crippen molar-refractivity contribution in [2.24, 2.45) is 5.41 Å². The SMILES string of the molecule is CC(C)c1ccc(C[NH+](C)CN2C(=O)CC3(CCCCC3)C2=O)cc1. The van der Waals surface area contributed by atoms with Crippen LogP contribution < -0.4 is 4.90 Å². The van der Waals surface area contributed by atoms with Crippen LogP contribution in [0.5, 0.6) is 0 Å². The lowest BCUT2D eigenvalue weighted by atomic mass is 9.73. The number of nitrogens with zero attached hydrogens (tertiary/aromatic N) is 1. The average molecular weight is 343 g/mol. The minimum absolute atomic E-state index is 0.0291. The van der Waals surface area contributed by atoms with E-state index in [0.29, 0.717) is 19.0 Å². The van der Waals surface area contributed by atoms with Gasteiger partial charge in [0.25, 0.3) is 0 Å². The van der Waals surface area contributed by atoms with Crippen LogP contribution in [0.1, 0.15) is 69.4 Å². The Kier molecular flexibility index (Phi) is 5.28. The smallest absolute Gasteiger partial charge is 0.240 e. The van der Waals surface area contributed by atoms with Gasteiger partial charge in [-0.1, -0.05) is 57.4 Å². The number of hydrogen-bond donors (Lipinski definition) is 1. The Morgan fingerprint density at radius 2 is 1.72 bits per heavy atom. The Labute approximate surface area is 151 Å². The summed E-state index contributed by atoms with van der Waals surface area (Å²) in [5, 5.41) is 0. The molecule has 0 radical (unpaired) electrons. The summed E-state index contributed by atoms with van der Waals surface area (Å²) in [4.78, 5) is 28.1. The van der Waals surface area contributed by atoms with Gasteiger partial charge in [0.05, 0.1) is 12.5 Å². The first-order valence-corrected chi connectivity index (χ1v) is 9.66. The predicted octanol–water partition coefficient (Wildman–Crippen LogP) is 2.49. The second-order valence-corrected chi connectivity index (χ2v) is 8.33. The van der Waals surface area contributed by atoms with Gasteiger partial charge in [-0.2, -0.15) is 0 Å². The fourth-order valence-corrected chi connectivity index (χ4v) is 4.33. The lowest BCUT2D eigenvalue weighted by Gasteiger charge is -2.30. The number of nitrogens with one attached hydrogen (secondary N) is 1. The first-order chi connectivity index (χ1) is 11.9. The zero-order chi connectivity index (χ0) is 18.0. The van der Waals surface area contributed by atoms with Crippen LogP contribution >= 0.6 is 0 Å². The molecular weight excluding hydrogens is 312 g/mol. The lowest BCUT2D eigenvalue weighted by molar-refractivity contribution is -0.901. The topological polar surface area (TPSA) is 41.8 Å². The maximum Gasteiger partial charge on any atom is 0.240 e. The summed E-state index contributed by atoms with van der Waals surface area (Å²) in [5.74, 6) is 0.652. The molecule has 1 aromatic rings. The third-order valence-electron chi connectivity index (χ3n) is 5.88. The van der Waals surface area contributed by atoms with Gasteiger partial charge in [0.1, 0.15) is 6.54 Å². The summed E-state index contributed by atoms with van der Waals surface area (Å²) in [6.07, 6.45) is 5.58. The minimum atomic E-state index is -0.367. The minimum Gasteiger partial charge on any atom is -0.316 e. The van der Waals surface area contributed by atoms with E-state index in [1.165, 1.54) is 27.3 Å². The molecule has 136 valence electrons. The maximum absolute atomic E-state index is 12.9. The highest BCUT2D eigenvalue weighted by Gasteiger charge is 2.52. The first-order valence-electron chi connectivity index (χ1n) is 9.66. The highest BCUT2D eigenvalue weighted by molar-refractivity contribution is 6.05. The standard InChI is InChI=1S/C21H30N2O2/c1-16(2)18-9-7-17(8-10-18)14-22(3)15-23-19(24)13-21(20(23)25)11-5-4-6-12-21/h7-10,16H,4-6,11-15H2,1-3H3/p+1. The van der Waals surface area contributed by atoms with Gasteiger partial charge in [0, 0.05) is 12.0 Å². The van der Waals surface area contributed by atoms with Crippen molar-refractivity contribution in [1.82, 2.24) is 4.90 Å². The van der Waals surface area contributed by atoms with Crippen LogP contribution in [0.25, 0.3) is 0 Å². The van der Waals surface area contributed by atoms with Crippen LogP contribution in [0.3, 0.4) is 0 Å². The molecule has 1 atom stereocenters. The fourth-order valence-electron chi connectivity index (χ4n) is 4.33. The first kappa shape index (κ1) is 18.1. The molecule has 1 spiro atoms. The largest absolute Gasteiger partial charge is 0.316 e. The van der Waals surface area contributed by atoms with Crippen LogP contribution in [-0.4, -0.2) is 30.4 Å². The number of benzene rings is 1. The number of hydrogen-bond acceptors (Lipinski definition) is 2. The number of imide groups is 1. The molecule has 1 saturated carbocycles. The maximum atomic E-state index is 12.9. The van der Waals surface area contributed by atoms with Crippen LogP contribution in [0.2, 0.25) is 0 Å². The second kappa shape index (κ2) is 7.28. The molecule has 2 fully saturated rings. The Hall–Kier alpha value is -1.68. The number of rotatable bonds is 5. The molecule has 0 bridgehead atoms. The normalized spacial score (nSPS) is 21.4. The van der Waals surface area contributed by atoms with E-state index in [4.69, 9.17) is 0 Å². The third-order valence-corrected chi connectivity index (χ3v) is 5.88. The van der Waals surface area contributed by atoms with E-state index in [-0.39, 0.29) is 17.2 Å². The van der Waals surface area contributed by atoms with E-state index in [0.717, 1.165) is 32.2 Å². The predicted molar refractivity (Wildman–Crippen MR) is 98.0 cm³/mol. The van der Waals surface area contributed by atoms with Gasteiger partial charge in [-0.3, -0.25) is 9.59 Å². The highest BCUT2D eigenvalue weighted by Crippen LogP contribution is 2.44. The molecule has 1 aliphatic carbocycles. The van der Waals surface area contributed by atoms with Gasteiger partial charge < -0.3 is 4.90 Å². The van der Waals surface area contributed by atoms with Gasteiger partial charge >= 0.3 is 0 Å². The van der Waals surface area contributed by atoms with Crippen LogP contribution in [-0.2, 0) is 16.1 Å². The van der Waals surface area contributed by atoms with Crippen LogP contribution in [0.15, 0.2) is 24.3 Å². The molecule has 1 saturated heterocycles. The molecule has 0 aromatic heterocycles. The van der Waals surface area contributed by atoms with Gasteiger partial charge in [-0.05, 0) is 24.3 Å². The summed E-state index contributed by atoms with van der Waals surface area (Å²) < 4.78 is 0. The van der Waals surface area contributed by atoms with E-state index in [9.17, 15) is 9.59 Å². The van der Waals surface area contributed by atoms with Crippen molar-refractivity contribution in [3.8, 4) is 0 Å². The molecule has 1 aromatic carbocycles. The number of quaternary nitrogens is 1. The molecule has 1 heterocycles. The van der Waals surface area contributed by atoms with Gasteiger partial charge in [0.2, 0.25) is 11.8 Å². The monoisotopic (exact) mass is 343 g/mol. The molecule has 4 heteroatoms. The zero-order valence-electron chi connectivity index (χ0n) is 15.8. The van der Waals surface area contributed by atoms with Crippen LogP contribution in [0, 0.1) is 5.41 Å². The van der Waals surface area contributed by atoms with Crippen molar-refractivity contribution in [1.29, 1.82) is 0 Å². The average Bonchev–Trinajstić information content (AvgIpc) is 2.80. The fraction of sp³-hybridized carbons (Fsp3) is 0.619. The summed E-state index contributed by atoms with van der Waals surface area (Å²) in [6, 6.07) is 8.68. The Morgan fingerprint density at radius 1 is 1.08 bits per heavy atom. The van der Waals surface area contributed by atoms with Crippen molar-refractivity contribution in [3.63, 3.8) is 0 Å². The summed E-state index contributed by atoms with van der Waals surface area (Å²) >= 11 is 0. The zero-order valence-corrected chi connectivity index (χ0v) is 15.8. The molecule has 1 aliphatic heterocycles. The van der Waals surface area contributed by atoms with E-state index in [2.05, 4.69) is 45.2 Å². The van der Waals surface area contributed by atoms with Crippen LogP contribution in [0.4, 0.5) is 0 Å². The lowest BCUT2D eigenvalue weighted by Crippen LogP contribution is -3.09. The molecular formula is C21H31N2O2+. The van der Waals surface area contributed by atoms with E-state index < -0.39 is 0 Å². The van der Waals surface area contributed by atoms with Gasteiger partial charge in [-0.15, -0.1) is 0 Å². The van der Waals surface area contributed by atoms with Crippen molar-refractivity contribution in [2.75, 3.05) is 13.7 Å². The molecule has 1 unspecified atom stereocenters. The third kappa shape index (κ3) is 3.79. The molecule has 25 heavy (non-hydrogen) atoms. The number of likely N-dealkylation sites (tertiary alicyclic amines) is 1. The Morgan fingerprint density at radius 3 is 2.32 bits per heavy atom. The van der Waals surface area contributed by atoms with Crippen molar-refractivity contribution in [3.05, 3.63) is 35.4 Å². The number of carbonyl (C=O) groups excluding carboxylic acids is 2. The molecule has 4 nitrogen and oxygen atoms in total. The molecule has 2 aliphatic rings. The van der Waals surface area contributed by atoms with E-state index in [1.807, 2.05) is 0 Å². The van der Waals surface area contributed by atoms with Crippen molar-refractivity contribution < 1.29 is 14.5 Å². The summed E-state index contributed by atoms with van der Waals surface area (Å²) in [6.45, 7) is 5.68. The van der Waals surface area contributed by atoms with Gasteiger partial charge in [-0.25, -0.2) is 4.90 Å². The summed E-state index contributed by atoms with van der Waals surface area (Å²) in [5.41, 5.74) is 2.22. The van der Waals surface area contributed by atoms with Crippen molar-refractivity contribution in [2.45, 2.75) is 64.8 Å². The van der Waals surface area contributed by atoms with E-state index >= 15 is 0 Å². The molecule has 1 N–H and O–H groups in total. The Bertz CT molecular complexity index is 630. The number of amides is 2. The molecule has 3 rings (SSSR count). The summed E-state index contributed by atoms with van der Waals surface area (Å²) in [7, 11) is 2.06. The Balaban J connectivity index is 1.61.